The molecule has 0 aromatic heterocycles. The standard InChI is InChI=1S/C21H30N2O5/c1-4-22-20(25)14-16-7-5-6-12-23(16)21(26)11-9-17(24)15-8-10-18(27-2)19(13-15)28-3/h8,10,13,16H,4-7,9,11-12,14H2,1-3H3,(H,22,25)/t16-/m1/s1. The minimum atomic E-state index is -0.119. The number of nitrogens with zero attached hydrogens (tertiary/aromatic N) is 1. The smallest absolute Gasteiger partial charge is 0.223 e. The average Bonchev–Trinajstić information content (AvgIpc) is 2.71. The Kier molecular flexibility index (Phi) is 8.29. The third-order valence-electron chi connectivity index (χ3n) is 5.01. The molecule has 7 heteroatoms. The number of likely N-dealkylation sites (tertiary alicyclic amines) is 1. The summed E-state index contributed by atoms with van der Waals surface area (Å²) in [6.45, 7) is 3.11. The lowest BCUT2D eigenvalue weighted by molar-refractivity contribution is -0.136. The molecule has 0 aliphatic carbocycles. The van der Waals surface area contributed by atoms with Gasteiger partial charge in [-0.25, -0.2) is 0 Å². The average molecular weight is 390 g/mol. The Morgan fingerprint density at radius 1 is 1.11 bits per heavy atom. The van der Waals surface area contributed by atoms with Crippen molar-refractivity contribution in [1.29, 1.82) is 0 Å². The van der Waals surface area contributed by atoms with Crippen LogP contribution in [-0.4, -0.2) is 55.8 Å². The lowest BCUT2D eigenvalue weighted by Crippen LogP contribution is -2.46. The molecule has 7 nitrogen and oxygen atoms in total. The van der Waals surface area contributed by atoms with Gasteiger partial charge >= 0.3 is 0 Å². The van der Waals surface area contributed by atoms with Crippen molar-refractivity contribution in [1.82, 2.24) is 10.2 Å². The van der Waals surface area contributed by atoms with Gasteiger partial charge in [0.1, 0.15) is 0 Å². The molecule has 1 atom stereocenters. The Morgan fingerprint density at radius 3 is 2.54 bits per heavy atom. The van der Waals surface area contributed by atoms with E-state index in [-0.39, 0.29) is 36.5 Å². The van der Waals surface area contributed by atoms with Crippen LogP contribution in [0.15, 0.2) is 18.2 Å². The second-order valence-electron chi connectivity index (χ2n) is 6.89. The minimum absolute atomic E-state index is 0.0337. The molecule has 0 radical (unpaired) electrons. The van der Waals surface area contributed by atoms with Gasteiger partial charge in [-0.2, -0.15) is 0 Å². The summed E-state index contributed by atoms with van der Waals surface area (Å²) in [7, 11) is 3.05. The number of nitrogens with one attached hydrogen (secondary N) is 1. The summed E-state index contributed by atoms with van der Waals surface area (Å²) in [5.41, 5.74) is 0.489. The van der Waals surface area contributed by atoms with Gasteiger partial charge in [0.15, 0.2) is 17.3 Å². The van der Waals surface area contributed by atoms with Gasteiger partial charge in [0, 0.05) is 44.0 Å². The molecule has 1 saturated heterocycles. The molecule has 2 rings (SSSR count). The van der Waals surface area contributed by atoms with E-state index in [0.717, 1.165) is 19.3 Å². The van der Waals surface area contributed by atoms with E-state index in [1.54, 1.807) is 23.1 Å². The van der Waals surface area contributed by atoms with E-state index in [4.69, 9.17) is 9.47 Å². The van der Waals surface area contributed by atoms with E-state index in [0.29, 0.717) is 36.6 Å². The maximum Gasteiger partial charge on any atom is 0.223 e. The van der Waals surface area contributed by atoms with Crippen LogP contribution in [0.1, 0.15) is 55.8 Å². The monoisotopic (exact) mass is 390 g/mol. The van der Waals surface area contributed by atoms with Crippen molar-refractivity contribution < 1.29 is 23.9 Å². The van der Waals surface area contributed by atoms with Crippen molar-refractivity contribution in [3.8, 4) is 11.5 Å². The molecule has 1 aromatic carbocycles. The number of hydrogen-bond donors (Lipinski definition) is 1. The van der Waals surface area contributed by atoms with E-state index in [2.05, 4.69) is 5.32 Å². The van der Waals surface area contributed by atoms with Gasteiger partial charge in [0.2, 0.25) is 11.8 Å². The molecule has 0 spiro atoms. The number of methoxy groups -OCH3 is 2. The second-order valence-corrected chi connectivity index (χ2v) is 6.89. The lowest BCUT2D eigenvalue weighted by atomic mass is 9.97. The zero-order chi connectivity index (χ0) is 20.5. The number of hydrogen-bond acceptors (Lipinski definition) is 5. The number of piperidine rings is 1. The molecule has 2 amide bonds. The largest absolute Gasteiger partial charge is 0.493 e. The molecule has 1 aliphatic rings. The van der Waals surface area contributed by atoms with Crippen LogP contribution in [0, 0.1) is 0 Å². The van der Waals surface area contributed by atoms with Gasteiger partial charge in [-0.15, -0.1) is 0 Å². The molecular formula is C21H30N2O5. The molecule has 1 N–H and O–H groups in total. The van der Waals surface area contributed by atoms with Crippen LogP contribution in [0.2, 0.25) is 0 Å². The van der Waals surface area contributed by atoms with Gasteiger partial charge < -0.3 is 19.7 Å². The van der Waals surface area contributed by atoms with E-state index < -0.39 is 0 Å². The summed E-state index contributed by atoms with van der Waals surface area (Å²) in [4.78, 5) is 38.9. The quantitative estimate of drug-likeness (QED) is 0.655. The molecule has 1 fully saturated rings. The predicted molar refractivity (Wildman–Crippen MR) is 106 cm³/mol. The van der Waals surface area contributed by atoms with E-state index in [1.165, 1.54) is 14.2 Å². The van der Waals surface area contributed by atoms with Gasteiger partial charge in [-0.3, -0.25) is 14.4 Å². The number of carbonyl (C=O) groups excluding carboxylic acids is 3. The zero-order valence-electron chi connectivity index (χ0n) is 17.0. The maximum absolute atomic E-state index is 12.7. The minimum Gasteiger partial charge on any atom is -0.493 e. The number of amides is 2. The van der Waals surface area contributed by atoms with Crippen LogP contribution in [0.25, 0.3) is 0 Å². The summed E-state index contributed by atoms with van der Waals surface area (Å²) >= 11 is 0. The van der Waals surface area contributed by atoms with E-state index in [1.807, 2.05) is 6.92 Å². The van der Waals surface area contributed by atoms with Gasteiger partial charge in [0.05, 0.1) is 14.2 Å². The Morgan fingerprint density at radius 2 is 1.86 bits per heavy atom. The fourth-order valence-corrected chi connectivity index (χ4v) is 3.54. The fraction of sp³-hybridized carbons (Fsp3) is 0.571. The first-order valence-electron chi connectivity index (χ1n) is 9.81. The fourth-order valence-electron chi connectivity index (χ4n) is 3.54. The summed E-state index contributed by atoms with van der Waals surface area (Å²) in [5, 5.41) is 2.79. The predicted octanol–water partition coefficient (Wildman–Crippen LogP) is 2.57. The normalized spacial score (nSPS) is 16.4. The summed E-state index contributed by atoms with van der Waals surface area (Å²) in [6, 6.07) is 4.90. The summed E-state index contributed by atoms with van der Waals surface area (Å²) < 4.78 is 10.4. The molecule has 1 aliphatic heterocycles. The number of rotatable bonds is 9. The molecule has 154 valence electrons. The van der Waals surface area contributed by atoms with Crippen LogP contribution < -0.4 is 14.8 Å². The molecular weight excluding hydrogens is 360 g/mol. The van der Waals surface area contributed by atoms with Crippen molar-refractivity contribution in [2.45, 2.75) is 51.5 Å². The van der Waals surface area contributed by atoms with Crippen molar-refractivity contribution in [3.63, 3.8) is 0 Å². The lowest BCUT2D eigenvalue weighted by Gasteiger charge is -2.35. The third-order valence-corrected chi connectivity index (χ3v) is 5.01. The highest BCUT2D eigenvalue weighted by Crippen LogP contribution is 2.28. The van der Waals surface area contributed by atoms with Crippen LogP contribution in [0.4, 0.5) is 0 Å². The van der Waals surface area contributed by atoms with Crippen LogP contribution in [0.5, 0.6) is 11.5 Å². The Bertz CT molecular complexity index is 704. The first-order chi connectivity index (χ1) is 13.5. The van der Waals surface area contributed by atoms with Crippen molar-refractivity contribution in [2.24, 2.45) is 0 Å². The number of Topliss-reactive ketones (excluding diaryl/α,β-unsaturated/α-hetero) is 1. The highest BCUT2D eigenvalue weighted by molar-refractivity contribution is 5.98. The Balaban J connectivity index is 1.95. The van der Waals surface area contributed by atoms with E-state index >= 15 is 0 Å². The number of ketones is 1. The zero-order valence-corrected chi connectivity index (χ0v) is 17.0. The van der Waals surface area contributed by atoms with Crippen LogP contribution >= 0.6 is 0 Å². The number of ether oxygens (including phenoxy) is 2. The maximum atomic E-state index is 12.7. The molecule has 0 saturated carbocycles. The van der Waals surface area contributed by atoms with Gasteiger partial charge in [-0.1, -0.05) is 0 Å². The van der Waals surface area contributed by atoms with Crippen molar-refractivity contribution >= 4 is 17.6 Å². The third kappa shape index (κ3) is 5.71. The van der Waals surface area contributed by atoms with Crippen LogP contribution in [-0.2, 0) is 9.59 Å². The molecule has 28 heavy (non-hydrogen) atoms. The van der Waals surface area contributed by atoms with Crippen molar-refractivity contribution in [3.05, 3.63) is 23.8 Å². The van der Waals surface area contributed by atoms with Crippen LogP contribution in [0.3, 0.4) is 0 Å². The van der Waals surface area contributed by atoms with E-state index in [9.17, 15) is 14.4 Å². The number of benzene rings is 1. The molecule has 1 heterocycles. The van der Waals surface area contributed by atoms with Crippen molar-refractivity contribution in [2.75, 3.05) is 27.3 Å². The number of carbonyl (C=O) groups is 3. The SMILES string of the molecule is CCNC(=O)C[C@H]1CCCCN1C(=O)CCC(=O)c1ccc(OC)c(OC)c1. The summed E-state index contributed by atoms with van der Waals surface area (Å²) in [6.07, 6.45) is 3.35. The highest BCUT2D eigenvalue weighted by atomic mass is 16.5. The van der Waals surface area contributed by atoms with Gasteiger partial charge in [0.25, 0.3) is 0 Å². The molecule has 0 unspecified atom stereocenters. The molecule has 0 bridgehead atoms. The van der Waals surface area contributed by atoms with Gasteiger partial charge in [-0.05, 0) is 44.4 Å². The Labute approximate surface area is 166 Å². The Hall–Kier alpha value is -2.57. The second kappa shape index (κ2) is 10.7. The first kappa shape index (κ1) is 21.7. The first-order valence-corrected chi connectivity index (χ1v) is 9.81. The molecule has 1 aromatic rings. The topological polar surface area (TPSA) is 84.9 Å². The highest BCUT2D eigenvalue weighted by Gasteiger charge is 2.28. The summed E-state index contributed by atoms with van der Waals surface area (Å²) in [5.74, 6) is 0.817.